The normalized spacial score (nSPS) is 11.1. The molecule has 5 aromatic rings. The predicted molar refractivity (Wildman–Crippen MR) is 149 cm³/mol. The molecule has 4 aromatic carbocycles. The van der Waals surface area contributed by atoms with E-state index in [1.165, 1.54) is 53.9 Å². The highest BCUT2D eigenvalue weighted by molar-refractivity contribution is 6.07. The Kier molecular flexibility index (Phi) is 7.64. The summed E-state index contributed by atoms with van der Waals surface area (Å²) in [6.07, 6.45) is 7.30. The van der Waals surface area contributed by atoms with Gasteiger partial charge in [0.25, 0.3) is 0 Å². The molecule has 0 aliphatic heterocycles. The highest BCUT2D eigenvalue weighted by atomic mass is 16.5. The molecule has 5 rings (SSSR count). The van der Waals surface area contributed by atoms with Gasteiger partial charge in [0.2, 0.25) is 0 Å². The molecule has 0 atom stereocenters. The third kappa shape index (κ3) is 5.44. The van der Waals surface area contributed by atoms with Crippen molar-refractivity contribution >= 4 is 21.8 Å². The van der Waals surface area contributed by atoms with E-state index in [2.05, 4.69) is 71.3 Å². The number of fused-ring (bicyclic) bond motifs is 3. The molecule has 0 radical (unpaired) electrons. The molecule has 0 saturated heterocycles. The first-order chi connectivity index (χ1) is 17.8. The Labute approximate surface area is 213 Å². The minimum absolute atomic E-state index is 0.682. The van der Waals surface area contributed by atoms with Crippen molar-refractivity contribution < 1.29 is 4.74 Å². The molecule has 3 heteroatoms. The van der Waals surface area contributed by atoms with E-state index < -0.39 is 0 Å². The van der Waals surface area contributed by atoms with Gasteiger partial charge < -0.3 is 9.30 Å². The number of hydrogen-bond donors (Lipinski definition) is 0. The smallest absolute Gasteiger partial charge is 0.119 e. The fraction of sp³-hybridized carbons (Fsp3) is 0.242. The van der Waals surface area contributed by atoms with Gasteiger partial charge in [-0.1, -0.05) is 86.3 Å². The maximum atomic E-state index is 8.94. The Morgan fingerprint density at radius 2 is 1.11 bits per heavy atom. The molecule has 1 aromatic heterocycles. The molecule has 0 aliphatic rings. The second-order valence-corrected chi connectivity index (χ2v) is 9.37. The van der Waals surface area contributed by atoms with E-state index in [1.54, 1.807) is 0 Å². The first kappa shape index (κ1) is 23.7. The van der Waals surface area contributed by atoms with Crippen LogP contribution in [0.3, 0.4) is 0 Å². The van der Waals surface area contributed by atoms with E-state index in [-0.39, 0.29) is 0 Å². The standard InChI is InChI=1S/C33H32N2O/c34-25-26-15-17-27(18-16-26)28-19-21-29(22-20-28)36-24-10-4-2-1-3-9-23-35-32-13-7-5-11-30(32)31-12-6-8-14-33(31)35/h5-8,11-22H,1-4,9-10,23-24H2. The molecule has 0 aliphatic carbocycles. The van der Waals surface area contributed by atoms with Gasteiger partial charge in [-0.2, -0.15) is 5.26 Å². The Morgan fingerprint density at radius 1 is 0.583 bits per heavy atom. The zero-order chi connectivity index (χ0) is 24.6. The lowest BCUT2D eigenvalue weighted by atomic mass is 10.0. The van der Waals surface area contributed by atoms with Crippen LogP contribution in [0.5, 0.6) is 5.75 Å². The van der Waals surface area contributed by atoms with Gasteiger partial charge in [0.15, 0.2) is 0 Å². The lowest BCUT2D eigenvalue weighted by molar-refractivity contribution is 0.304. The van der Waals surface area contributed by atoms with Gasteiger partial charge in [0.1, 0.15) is 5.75 Å². The number of rotatable bonds is 11. The molecule has 0 bridgehead atoms. The molecule has 0 amide bonds. The quantitative estimate of drug-likeness (QED) is 0.180. The topological polar surface area (TPSA) is 37.9 Å². The number of nitriles is 1. The Morgan fingerprint density at radius 3 is 1.72 bits per heavy atom. The summed E-state index contributed by atoms with van der Waals surface area (Å²) in [5.41, 5.74) is 5.62. The number of para-hydroxylation sites is 2. The summed E-state index contributed by atoms with van der Waals surface area (Å²) in [6.45, 7) is 1.84. The first-order valence-corrected chi connectivity index (χ1v) is 13.0. The van der Waals surface area contributed by atoms with Crippen molar-refractivity contribution in [3.05, 3.63) is 103 Å². The second kappa shape index (κ2) is 11.6. The second-order valence-electron chi connectivity index (χ2n) is 9.37. The van der Waals surface area contributed by atoms with E-state index in [0.717, 1.165) is 36.4 Å². The van der Waals surface area contributed by atoms with Crippen LogP contribution in [0, 0.1) is 11.3 Å². The van der Waals surface area contributed by atoms with Crippen LogP contribution in [0.1, 0.15) is 44.1 Å². The molecule has 0 fully saturated rings. The summed E-state index contributed by atoms with van der Waals surface area (Å²) in [4.78, 5) is 0. The van der Waals surface area contributed by atoms with Gasteiger partial charge in [-0.05, 0) is 60.4 Å². The largest absolute Gasteiger partial charge is 0.494 e. The van der Waals surface area contributed by atoms with Gasteiger partial charge >= 0.3 is 0 Å². The van der Waals surface area contributed by atoms with Crippen LogP contribution in [0.2, 0.25) is 0 Å². The number of benzene rings is 4. The van der Waals surface area contributed by atoms with Crippen LogP contribution < -0.4 is 4.74 Å². The number of nitrogens with zero attached hydrogens (tertiary/aromatic N) is 2. The average Bonchev–Trinajstić information content (AvgIpc) is 3.26. The number of hydrogen-bond acceptors (Lipinski definition) is 2. The molecule has 0 spiro atoms. The SMILES string of the molecule is N#Cc1ccc(-c2ccc(OCCCCCCCCn3c4ccccc4c4ccccc43)cc2)cc1. The highest BCUT2D eigenvalue weighted by Gasteiger charge is 2.09. The first-order valence-electron chi connectivity index (χ1n) is 13.0. The van der Waals surface area contributed by atoms with Crippen LogP contribution >= 0.6 is 0 Å². The van der Waals surface area contributed by atoms with Gasteiger partial charge in [0, 0.05) is 28.4 Å². The molecule has 1 heterocycles. The molecule has 0 N–H and O–H groups in total. The van der Waals surface area contributed by atoms with Crippen molar-refractivity contribution in [1.29, 1.82) is 5.26 Å². The van der Waals surface area contributed by atoms with Crippen molar-refractivity contribution in [3.8, 4) is 22.9 Å². The summed E-state index contributed by atoms with van der Waals surface area (Å²) in [5, 5.41) is 11.7. The summed E-state index contributed by atoms with van der Waals surface area (Å²) >= 11 is 0. The van der Waals surface area contributed by atoms with Crippen molar-refractivity contribution in [2.24, 2.45) is 0 Å². The number of aryl methyl sites for hydroxylation is 1. The van der Waals surface area contributed by atoms with Gasteiger partial charge in [-0.25, -0.2) is 0 Å². The van der Waals surface area contributed by atoms with Gasteiger partial charge in [-0.3, -0.25) is 0 Å². The summed E-state index contributed by atoms with van der Waals surface area (Å²) in [7, 11) is 0. The minimum atomic E-state index is 0.682. The van der Waals surface area contributed by atoms with E-state index in [0.29, 0.717) is 5.56 Å². The maximum Gasteiger partial charge on any atom is 0.119 e. The monoisotopic (exact) mass is 472 g/mol. The third-order valence-electron chi connectivity index (χ3n) is 6.93. The van der Waals surface area contributed by atoms with Crippen molar-refractivity contribution in [2.75, 3.05) is 6.61 Å². The number of aromatic nitrogens is 1. The molecular formula is C33H32N2O. The van der Waals surface area contributed by atoms with Crippen LogP contribution in [0.4, 0.5) is 0 Å². The summed E-state index contributed by atoms with van der Waals surface area (Å²) in [6, 6.07) is 35.6. The van der Waals surface area contributed by atoms with Gasteiger partial charge in [-0.15, -0.1) is 0 Å². The van der Waals surface area contributed by atoms with Crippen LogP contribution in [0.25, 0.3) is 32.9 Å². The van der Waals surface area contributed by atoms with Crippen LogP contribution in [0.15, 0.2) is 97.1 Å². The van der Waals surface area contributed by atoms with Crippen molar-refractivity contribution in [2.45, 2.75) is 45.1 Å². The van der Waals surface area contributed by atoms with E-state index in [4.69, 9.17) is 10.00 Å². The molecule has 180 valence electrons. The van der Waals surface area contributed by atoms with Crippen molar-refractivity contribution in [1.82, 2.24) is 4.57 Å². The summed E-state index contributed by atoms with van der Waals surface area (Å²) in [5.74, 6) is 0.915. The zero-order valence-electron chi connectivity index (χ0n) is 20.7. The fourth-order valence-electron chi connectivity index (χ4n) is 4.99. The van der Waals surface area contributed by atoms with E-state index in [1.807, 2.05) is 36.4 Å². The molecular weight excluding hydrogens is 440 g/mol. The van der Waals surface area contributed by atoms with E-state index >= 15 is 0 Å². The number of unbranched alkanes of at least 4 members (excludes halogenated alkanes) is 5. The lowest BCUT2D eigenvalue weighted by Gasteiger charge is -2.09. The molecule has 0 saturated carbocycles. The average molecular weight is 473 g/mol. The Balaban J connectivity index is 1.000. The van der Waals surface area contributed by atoms with Crippen LogP contribution in [-0.4, -0.2) is 11.2 Å². The Bertz CT molecular complexity index is 1400. The van der Waals surface area contributed by atoms with Gasteiger partial charge in [0.05, 0.1) is 18.2 Å². The van der Waals surface area contributed by atoms with E-state index in [9.17, 15) is 0 Å². The zero-order valence-corrected chi connectivity index (χ0v) is 20.7. The molecule has 36 heavy (non-hydrogen) atoms. The summed E-state index contributed by atoms with van der Waals surface area (Å²) < 4.78 is 8.44. The van der Waals surface area contributed by atoms with Crippen LogP contribution in [-0.2, 0) is 6.54 Å². The van der Waals surface area contributed by atoms with Crippen molar-refractivity contribution in [3.63, 3.8) is 0 Å². The molecule has 3 nitrogen and oxygen atoms in total. The third-order valence-corrected chi connectivity index (χ3v) is 6.93. The molecule has 0 unspecified atom stereocenters. The fourth-order valence-corrected chi connectivity index (χ4v) is 4.99. The maximum absolute atomic E-state index is 8.94. The highest BCUT2D eigenvalue weighted by Crippen LogP contribution is 2.29. The lowest BCUT2D eigenvalue weighted by Crippen LogP contribution is -1.98. The predicted octanol–water partition coefficient (Wildman–Crippen LogP) is 8.75. The Hall–Kier alpha value is -4.03. The minimum Gasteiger partial charge on any atom is -0.494 e. The number of ether oxygens (including phenoxy) is 1.